The SMILES string of the molecule is COc1ccc(C(=O)Nc2cc(-c3nc4ccccc4s3)ccc2C)cc1C(F)(F)F. The number of rotatable bonds is 4. The van der Waals surface area contributed by atoms with Gasteiger partial charge in [-0.25, -0.2) is 4.98 Å². The summed E-state index contributed by atoms with van der Waals surface area (Å²) in [6.07, 6.45) is -4.63. The number of methoxy groups -OCH3 is 1. The zero-order valence-electron chi connectivity index (χ0n) is 16.6. The lowest BCUT2D eigenvalue weighted by molar-refractivity contribution is -0.138. The number of hydrogen-bond donors (Lipinski definition) is 1. The van der Waals surface area contributed by atoms with Crippen molar-refractivity contribution in [3.8, 4) is 16.3 Å². The van der Waals surface area contributed by atoms with Crippen molar-refractivity contribution in [1.82, 2.24) is 4.98 Å². The van der Waals surface area contributed by atoms with Gasteiger partial charge in [0.2, 0.25) is 0 Å². The Bertz CT molecular complexity index is 1250. The molecule has 0 atom stereocenters. The summed E-state index contributed by atoms with van der Waals surface area (Å²) in [5.41, 5.74) is 1.87. The third-order valence-electron chi connectivity index (χ3n) is 4.79. The second kappa shape index (κ2) is 8.03. The number of halogens is 3. The van der Waals surface area contributed by atoms with Gasteiger partial charge < -0.3 is 10.1 Å². The predicted molar refractivity (Wildman–Crippen MR) is 116 cm³/mol. The van der Waals surface area contributed by atoms with Gasteiger partial charge in [0.25, 0.3) is 5.91 Å². The maximum absolute atomic E-state index is 13.3. The zero-order chi connectivity index (χ0) is 22.2. The molecule has 4 rings (SSSR count). The Morgan fingerprint density at radius 1 is 1.06 bits per heavy atom. The fraction of sp³-hybridized carbons (Fsp3) is 0.130. The molecule has 1 aromatic heterocycles. The predicted octanol–water partition coefficient (Wildman–Crippen LogP) is 6.55. The van der Waals surface area contributed by atoms with Gasteiger partial charge in [0, 0.05) is 16.8 Å². The number of fused-ring (bicyclic) bond motifs is 1. The number of amides is 1. The third-order valence-corrected chi connectivity index (χ3v) is 5.88. The number of carbonyl (C=O) groups excluding carboxylic acids is 1. The smallest absolute Gasteiger partial charge is 0.419 e. The number of anilines is 1. The maximum Gasteiger partial charge on any atom is 0.419 e. The Labute approximate surface area is 180 Å². The molecule has 0 aliphatic heterocycles. The molecule has 1 amide bonds. The highest BCUT2D eigenvalue weighted by atomic mass is 32.1. The largest absolute Gasteiger partial charge is 0.496 e. The van der Waals surface area contributed by atoms with Crippen LogP contribution in [0.4, 0.5) is 18.9 Å². The van der Waals surface area contributed by atoms with E-state index in [0.717, 1.165) is 45.6 Å². The molecule has 0 saturated carbocycles. The summed E-state index contributed by atoms with van der Waals surface area (Å²) in [4.78, 5) is 17.3. The molecule has 3 aromatic carbocycles. The first-order chi connectivity index (χ1) is 14.8. The minimum absolute atomic E-state index is 0.113. The Kier molecular flexibility index (Phi) is 5.41. The number of ether oxygens (including phenoxy) is 1. The van der Waals surface area contributed by atoms with E-state index in [9.17, 15) is 18.0 Å². The summed E-state index contributed by atoms with van der Waals surface area (Å²) >= 11 is 1.53. The van der Waals surface area contributed by atoms with Crippen molar-refractivity contribution in [2.24, 2.45) is 0 Å². The fourth-order valence-electron chi connectivity index (χ4n) is 3.15. The highest BCUT2D eigenvalue weighted by Gasteiger charge is 2.35. The van der Waals surface area contributed by atoms with Crippen LogP contribution in [0.5, 0.6) is 5.75 Å². The van der Waals surface area contributed by atoms with Gasteiger partial charge in [-0.05, 0) is 48.9 Å². The highest BCUT2D eigenvalue weighted by Crippen LogP contribution is 2.37. The van der Waals surface area contributed by atoms with Crippen molar-refractivity contribution >= 4 is 33.1 Å². The fourth-order valence-corrected chi connectivity index (χ4v) is 4.11. The molecular weight excluding hydrogens is 425 g/mol. The van der Waals surface area contributed by atoms with Crippen LogP contribution < -0.4 is 10.1 Å². The molecule has 31 heavy (non-hydrogen) atoms. The van der Waals surface area contributed by atoms with Crippen LogP contribution in [0, 0.1) is 6.92 Å². The molecule has 0 fully saturated rings. The number of para-hydroxylation sites is 1. The average Bonchev–Trinajstić information content (AvgIpc) is 3.18. The van der Waals surface area contributed by atoms with E-state index in [2.05, 4.69) is 10.3 Å². The van der Waals surface area contributed by atoms with E-state index in [0.29, 0.717) is 5.69 Å². The third kappa shape index (κ3) is 4.25. The normalized spacial score (nSPS) is 11.5. The van der Waals surface area contributed by atoms with Gasteiger partial charge in [0.1, 0.15) is 10.8 Å². The topological polar surface area (TPSA) is 51.2 Å². The van der Waals surface area contributed by atoms with Crippen molar-refractivity contribution in [2.45, 2.75) is 13.1 Å². The van der Waals surface area contributed by atoms with Gasteiger partial charge in [0.05, 0.1) is 22.9 Å². The molecule has 0 aliphatic carbocycles. The number of alkyl halides is 3. The first kappa shape index (κ1) is 20.9. The zero-order valence-corrected chi connectivity index (χ0v) is 17.4. The van der Waals surface area contributed by atoms with Crippen LogP contribution in [-0.2, 0) is 6.18 Å². The van der Waals surface area contributed by atoms with Crippen LogP contribution >= 0.6 is 11.3 Å². The molecule has 0 bridgehead atoms. The molecule has 0 unspecified atom stereocenters. The van der Waals surface area contributed by atoms with Gasteiger partial charge in [-0.2, -0.15) is 13.2 Å². The number of thiazole rings is 1. The summed E-state index contributed by atoms with van der Waals surface area (Å²) in [5.74, 6) is -0.976. The minimum atomic E-state index is -4.63. The van der Waals surface area contributed by atoms with E-state index < -0.39 is 17.6 Å². The lowest BCUT2D eigenvalue weighted by atomic mass is 10.1. The van der Waals surface area contributed by atoms with Gasteiger partial charge >= 0.3 is 6.18 Å². The summed E-state index contributed by atoms with van der Waals surface area (Å²) in [5, 5.41) is 3.51. The summed E-state index contributed by atoms with van der Waals surface area (Å²) in [6, 6.07) is 16.5. The number of nitrogens with one attached hydrogen (secondary N) is 1. The Morgan fingerprint density at radius 3 is 2.55 bits per heavy atom. The lowest BCUT2D eigenvalue weighted by Crippen LogP contribution is -2.15. The number of benzene rings is 3. The van der Waals surface area contributed by atoms with E-state index in [1.807, 2.05) is 43.3 Å². The van der Waals surface area contributed by atoms with E-state index in [1.54, 1.807) is 6.07 Å². The minimum Gasteiger partial charge on any atom is -0.496 e. The maximum atomic E-state index is 13.3. The molecule has 0 radical (unpaired) electrons. The van der Waals surface area contributed by atoms with Crippen LogP contribution in [0.2, 0.25) is 0 Å². The summed E-state index contributed by atoms with van der Waals surface area (Å²) < 4.78 is 45.7. The standard InChI is InChI=1S/C23H17F3N2O2S/c1-13-7-8-15(22-28-17-5-3-4-6-20(17)31-22)12-18(13)27-21(29)14-9-10-19(30-2)16(11-14)23(24,25)26/h3-12H,1-2H3,(H,27,29). The van der Waals surface area contributed by atoms with Crippen LogP contribution in [0.15, 0.2) is 60.7 Å². The highest BCUT2D eigenvalue weighted by molar-refractivity contribution is 7.21. The van der Waals surface area contributed by atoms with Crippen molar-refractivity contribution in [2.75, 3.05) is 12.4 Å². The molecule has 4 aromatic rings. The Hall–Kier alpha value is -3.39. The molecule has 158 valence electrons. The lowest BCUT2D eigenvalue weighted by Gasteiger charge is -2.14. The number of nitrogens with zero attached hydrogens (tertiary/aromatic N) is 1. The van der Waals surface area contributed by atoms with Crippen molar-refractivity contribution < 1.29 is 22.7 Å². The number of carbonyl (C=O) groups is 1. The Morgan fingerprint density at radius 2 is 1.84 bits per heavy atom. The van der Waals surface area contributed by atoms with Crippen LogP contribution in [0.3, 0.4) is 0 Å². The van der Waals surface area contributed by atoms with Crippen LogP contribution in [-0.4, -0.2) is 18.0 Å². The average molecular weight is 442 g/mol. The second-order valence-electron chi connectivity index (χ2n) is 6.88. The quantitative estimate of drug-likeness (QED) is 0.390. The van der Waals surface area contributed by atoms with Crippen LogP contribution in [0.1, 0.15) is 21.5 Å². The molecule has 8 heteroatoms. The van der Waals surface area contributed by atoms with Gasteiger partial charge in [0.15, 0.2) is 0 Å². The molecule has 0 spiro atoms. The van der Waals surface area contributed by atoms with E-state index >= 15 is 0 Å². The van der Waals surface area contributed by atoms with Crippen molar-refractivity contribution in [3.05, 3.63) is 77.4 Å². The Balaban J connectivity index is 1.65. The second-order valence-corrected chi connectivity index (χ2v) is 7.91. The molecule has 1 heterocycles. The van der Waals surface area contributed by atoms with Gasteiger partial charge in [-0.1, -0.05) is 24.3 Å². The first-order valence-electron chi connectivity index (χ1n) is 9.29. The van der Waals surface area contributed by atoms with E-state index in [4.69, 9.17) is 4.74 Å². The molecule has 4 nitrogen and oxygen atoms in total. The van der Waals surface area contributed by atoms with Gasteiger partial charge in [-0.15, -0.1) is 11.3 Å². The number of aryl methyl sites for hydroxylation is 1. The van der Waals surface area contributed by atoms with E-state index in [-0.39, 0.29) is 11.3 Å². The summed E-state index contributed by atoms with van der Waals surface area (Å²) in [6.45, 7) is 1.81. The van der Waals surface area contributed by atoms with Crippen LogP contribution in [0.25, 0.3) is 20.8 Å². The molecule has 0 saturated heterocycles. The molecule has 1 N–H and O–H groups in total. The number of hydrogen-bond acceptors (Lipinski definition) is 4. The van der Waals surface area contributed by atoms with Gasteiger partial charge in [-0.3, -0.25) is 4.79 Å². The van der Waals surface area contributed by atoms with Crippen molar-refractivity contribution in [1.29, 1.82) is 0 Å². The molecule has 0 aliphatic rings. The first-order valence-corrected chi connectivity index (χ1v) is 10.1. The van der Waals surface area contributed by atoms with E-state index in [1.165, 1.54) is 17.4 Å². The number of aromatic nitrogens is 1. The summed E-state index contributed by atoms with van der Waals surface area (Å²) in [7, 11) is 1.15. The van der Waals surface area contributed by atoms with Crippen molar-refractivity contribution in [3.63, 3.8) is 0 Å². The molecular formula is C23H17F3N2O2S. The monoisotopic (exact) mass is 442 g/mol.